The molecule has 1 heterocycles. The van der Waals surface area contributed by atoms with Gasteiger partial charge in [-0.15, -0.1) is 0 Å². The van der Waals surface area contributed by atoms with Gasteiger partial charge in [-0.1, -0.05) is 72.3 Å². The van der Waals surface area contributed by atoms with Crippen LogP contribution in [0.15, 0.2) is 96.1 Å². The Morgan fingerprint density at radius 1 is 0.953 bits per heavy atom. The summed E-state index contributed by atoms with van der Waals surface area (Å²) < 4.78 is 0. The van der Waals surface area contributed by atoms with Gasteiger partial charge in [-0.2, -0.15) is 5.10 Å². The fourth-order valence-corrected chi connectivity index (χ4v) is 7.21. The molecule has 2 bridgehead atoms. The number of hydrazone groups is 1. The third-order valence-corrected chi connectivity index (χ3v) is 8.97. The summed E-state index contributed by atoms with van der Waals surface area (Å²) in [4.78, 5) is 53.3. The Morgan fingerprint density at radius 2 is 1.58 bits per heavy atom. The number of aromatic hydroxyl groups is 1. The van der Waals surface area contributed by atoms with Crippen molar-refractivity contribution in [3.63, 3.8) is 0 Å². The van der Waals surface area contributed by atoms with Crippen LogP contribution in [0.25, 0.3) is 0 Å². The largest absolute Gasteiger partial charge is 0.507 e. The molecule has 0 aromatic heterocycles. The summed E-state index contributed by atoms with van der Waals surface area (Å²) in [6, 6.07) is 24.9. The van der Waals surface area contributed by atoms with Gasteiger partial charge in [0, 0.05) is 24.3 Å². The number of nitro benzene ring substituents is 1. The molecular weight excluding hydrogens is 572 g/mol. The predicted molar refractivity (Wildman–Crippen MR) is 157 cm³/mol. The first-order chi connectivity index (χ1) is 20.8. The van der Waals surface area contributed by atoms with Gasteiger partial charge in [0.1, 0.15) is 5.75 Å². The molecule has 3 amide bonds. The molecule has 0 radical (unpaired) electrons. The number of hydrogen-bond donors (Lipinski definition) is 2. The van der Waals surface area contributed by atoms with Crippen LogP contribution < -0.4 is 10.3 Å². The number of anilines is 1. The summed E-state index contributed by atoms with van der Waals surface area (Å²) in [7, 11) is 0. The second-order valence-corrected chi connectivity index (χ2v) is 11.1. The van der Waals surface area contributed by atoms with E-state index in [0.717, 1.165) is 45.4 Å². The van der Waals surface area contributed by atoms with Crippen LogP contribution in [-0.4, -0.2) is 34.0 Å². The topological polar surface area (TPSA) is 142 Å². The van der Waals surface area contributed by atoms with Crippen LogP contribution in [0.4, 0.5) is 11.4 Å². The van der Waals surface area contributed by atoms with E-state index in [2.05, 4.69) is 10.5 Å². The first kappa shape index (κ1) is 26.5. The minimum atomic E-state index is -1.26. The number of nitrogens with zero attached hydrogens (tertiary/aromatic N) is 3. The molecule has 3 aliphatic carbocycles. The first-order valence-corrected chi connectivity index (χ1v) is 13.8. The van der Waals surface area contributed by atoms with E-state index in [4.69, 9.17) is 11.6 Å². The number of nitro groups is 1. The van der Waals surface area contributed by atoms with Crippen LogP contribution >= 0.6 is 11.6 Å². The quantitative estimate of drug-likeness (QED) is 0.146. The van der Waals surface area contributed by atoms with E-state index >= 15 is 0 Å². The lowest BCUT2D eigenvalue weighted by Crippen LogP contribution is -2.54. The highest BCUT2D eigenvalue weighted by Crippen LogP contribution is 2.63. The van der Waals surface area contributed by atoms with Crippen molar-refractivity contribution in [2.75, 3.05) is 4.90 Å². The summed E-state index contributed by atoms with van der Waals surface area (Å²) >= 11 is 6.47. The summed E-state index contributed by atoms with van der Waals surface area (Å²) in [5.74, 6) is -4.23. The van der Waals surface area contributed by atoms with Crippen LogP contribution in [0.1, 0.15) is 38.5 Å². The van der Waals surface area contributed by atoms with Gasteiger partial charge in [-0.25, -0.2) is 10.3 Å². The van der Waals surface area contributed by atoms with E-state index < -0.39 is 45.7 Å². The highest BCUT2D eigenvalue weighted by Gasteiger charge is 2.68. The smallest absolute Gasteiger partial charge is 0.275 e. The Kier molecular flexibility index (Phi) is 5.93. The summed E-state index contributed by atoms with van der Waals surface area (Å²) in [6.45, 7) is 0. The summed E-state index contributed by atoms with van der Waals surface area (Å²) in [5.41, 5.74) is 3.98. The van der Waals surface area contributed by atoms with Gasteiger partial charge >= 0.3 is 0 Å². The normalized spacial score (nSPS) is 23.2. The Bertz CT molecular complexity index is 1880. The zero-order chi connectivity index (χ0) is 30.0. The van der Waals surface area contributed by atoms with E-state index in [0.29, 0.717) is 5.69 Å². The van der Waals surface area contributed by atoms with Crippen molar-refractivity contribution < 1.29 is 24.4 Å². The second-order valence-electron chi connectivity index (χ2n) is 10.6. The average molecular weight is 593 g/mol. The molecule has 0 saturated carbocycles. The molecule has 1 aliphatic heterocycles. The zero-order valence-corrected chi connectivity index (χ0v) is 22.9. The zero-order valence-electron chi connectivity index (χ0n) is 22.2. The van der Waals surface area contributed by atoms with Gasteiger partial charge in [0.2, 0.25) is 11.8 Å². The molecule has 2 atom stereocenters. The number of phenols is 1. The van der Waals surface area contributed by atoms with Gasteiger partial charge < -0.3 is 5.11 Å². The predicted octanol–water partition coefficient (Wildman–Crippen LogP) is 4.92. The highest BCUT2D eigenvalue weighted by atomic mass is 35.5. The second kappa shape index (κ2) is 9.60. The Labute approximate surface area is 249 Å². The van der Waals surface area contributed by atoms with E-state index in [1.165, 1.54) is 6.21 Å². The molecular formula is C32H21ClN4O6. The van der Waals surface area contributed by atoms with Crippen molar-refractivity contribution in [3.8, 4) is 5.75 Å². The number of nitrogens with one attached hydrogen (secondary N) is 1. The lowest BCUT2D eigenvalue weighted by Gasteiger charge is -2.52. The summed E-state index contributed by atoms with van der Waals surface area (Å²) in [5, 5.41) is 26.0. The van der Waals surface area contributed by atoms with E-state index in [-0.39, 0.29) is 22.2 Å². The molecule has 11 heteroatoms. The maximum atomic E-state index is 14.4. The van der Waals surface area contributed by atoms with Crippen molar-refractivity contribution in [2.45, 2.75) is 11.3 Å². The molecule has 8 rings (SSSR count). The van der Waals surface area contributed by atoms with Crippen molar-refractivity contribution in [1.82, 2.24) is 5.43 Å². The fraction of sp³-hybridized carbons (Fsp3) is 0.125. The molecule has 4 aromatic rings. The number of benzene rings is 4. The average Bonchev–Trinajstić information content (AvgIpc) is 3.28. The number of para-hydroxylation sites is 1. The highest BCUT2D eigenvalue weighted by molar-refractivity contribution is 6.36. The minimum absolute atomic E-state index is 0.261. The number of carbonyl (C=O) groups is 3. The van der Waals surface area contributed by atoms with Gasteiger partial charge in [0.25, 0.3) is 11.6 Å². The number of hydrogen-bond acceptors (Lipinski definition) is 7. The van der Waals surface area contributed by atoms with Crippen LogP contribution in [0.2, 0.25) is 5.02 Å². The fourth-order valence-electron chi connectivity index (χ4n) is 6.99. The lowest BCUT2D eigenvalue weighted by atomic mass is 9.47. The third-order valence-electron chi connectivity index (χ3n) is 8.65. The van der Waals surface area contributed by atoms with Crippen LogP contribution in [0.3, 0.4) is 0 Å². The van der Waals surface area contributed by atoms with Crippen LogP contribution in [0, 0.1) is 22.0 Å². The SMILES string of the molecule is O=C(N/N=C\C12c3ccccc3C(c3ccccc31)[C@@H]1C(=O)N(c3ccccc3Cl)C(=O)[C@@H]12)c1cc([N+](=O)[O-])ccc1O. The number of rotatable bonds is 5. The minimum Gasteiger partial charge on any atom is -0.507 e. The van der Waals surface area contributed by atoms with E-state index in [1.54, 1.807) is 24.3 Å². The van der Waals surface area contributed by atoms with E-state index in [9.17, 15) is 29.6 Å². The van der Waals surface area contributed by atoms with Crippen molar-refractivity contribution in [2.24, 2.45) is 16.9 Å². The molecule has 10 nitrogen and oxygen atoms in total. The van der Waals surface area contributed by atoms with Gasteiger partial charge in [0.15, 0.2) is 0 Å². The summed E-state index contributed by atoms with van der Waals surface area (Å²) in [6.07, 6.45) is 1.46. The molecule has 1 saturated heterocycles. The molecule has 43 heavy (non-hydrogen) atoms. The number of imide groups is 1. The number of phenolic OH excluding ortho intramolecular Hbond substituents is 1. The number of amides is 3. The van der Waals surface area contributed by atoms with Crippen LogP contribution in [0.5, 0.6) is 5.75 Å². The molecule has 212 valence electrons. The standard InChI is InChI=1S/C32H21ClN4O6/c33-23-11-5-6-12-24(23)36-30(40)27-26-18-7-1-3-9-21(18)32(28(27)31(36)41,22-10-4-2-8-19(22)26)16-34-35-29(39)20-15-17(37(42)43)13-14-25(20)38/h1-16,26-28,38H,(H,35,39)/b34-16-/t26?,27-,28+,32?/m0/s1. The molecule has 4 aromatic carbocycles. The number of halogens is 1. The molecule has 0 spiro atoms. The molecule has 1 fully saturated rings. The number of non-ortho nitro benzene ring substituents is 1. The maximum Gasteiger partial charge on any atom is 0.275 e. The Hall–Kier alpha value is -5.35. The molecule has 0 unspecified atom stereocenters. The van der Waals surface area contributed by atoms with Gasteiger partial charge in [-0.3, -0.25) is 24.5 Å². The molecule has 2 N–H and O–H groups in total. The maximum absolute atomic E-state index is 14.4. The van der Waals surface area contributed by atoms with E-state index in [1.807, 2.05) is 48.5 Å². The van der Waals surface area contributed by atoms with Crippen LogP contribution in [-0.2, 0) is 15.0 Å². The monoisotopic (exact) mass is 592 g/mol. The molecule has 4 aliphatic rings. The van der Waals surface area contributed by atoms with Crippen molar-refractivity contribution in [1.29, 1.82) is 0 Å². The first-order valence-electron chi connectivity index (χ1n) is 13.4. The lowest BCUT2D eigenvalue weighted by molar-refractivity contribution is -0.384. The van der Waals surface area contributed by atoms with Crippen molar-refractivity contribution >= 4 is 46.9 Å². The third kappa shape index (κ3) is 3.66. The van der Waals surface area contributed by atoms with Gasteiger partial charge in [-0.05, 0) is 40.5 Å². The Balaban J connectivity index is 1.39. The Morgan fingerprint density at radius 3 is 2.23 bits per heavy atom. The number of carbonyl (C=O) groups excluding carboxylic acids is 3. The van der Waals surface area contributed by atoms with Gasteiger partial charge in [0.05, 0.1) is 38.4 Å². The van der Waals surface area contributed by atoms with Crippen molar-refractivity contribution in [3.05, 3.63) is 134 Å².